The summed E-state index contributed by atoms with van der Waals surface area (Å²) >= 11 is 0. The monoisotopic (exact) mass is 336 g/mol. The van der Waals surface area contributed by atoms with E-state index in [1.54, 1.807) is 35.8 Å². The first kappa shape index (κ1) is 17.5. The molecule has 0 bridgehead atoms. The third-order valence-electron chi connectivity index (χ3n) is 2.88. The van der Waals surface area contributed by atoms with Crippen molar-refractivity contribution in [3.05, 3.63) is 66.0 Å². The van der Waals surface area contributed by atoms with Gasteiger partial charge in [-0.05, 0) is 35.9 Å². The van der Waals surface area contributed by atoms with Crippen molar-refractivity contribution in [2.45, 2.75) is 12.8 Å². The molecule has 24 heavy (non-hydrogen) atoms. The average molecular weight is 336 g/mol. The molecular weight excluding hydrogens is 321 g/mol. The molecule has 126 valence electrons. The number of pyridine rings is 1. The number of hydrogen-bond donors (Lipinski definition) is 1. The number of nitrogens with zero attached hydrogens (tertiary/aromatic N) is 1. The van der Waals surface area contributed by atoms with Gasteiger partial charge in [0.2, 0.25) is 5.91 Å². The van der Waals surface area contributed by atoms with Crippen LogP contribution in [0.4, 0.5) is 13.2 Å². The predicted molar refractivity (Wildman–Crippen MR) is 83.1 cm³/mol. The topological polar surface area (TPSA) is 51.2 Å². The van der Waals surface area contributed by atoms with Crippen molar-refractivity contribution in [1.82, 2.24) is 10.3 Å². The Morgan fingerprint density at radius 2 is 1.92 bits per heavy atom. The molecular formula is C17H15F3N2O2. The number of benzene rings is 1. The molecule has 1 amide bonds. The number of ether oxygens (including phenoxy) is 1. The molecule has 0 saturated carbocycles. The van der Waals surface area contributed by atoms with E-state index in [1.165, 1.54) is 6.08 Å². The Hall–Kier alpha value is -2.83. The molecule has 0 spiro atoms. The lowest BCUT2D eigenvalue weighted by molar-refractivity contribution is -0.135. The van der Waals surface area contributed by atoms with Crippen LogP contribution in [0.2, 0.25) is 0 Å². The fourth-order valence-corrected chi connectivity index (χ4v) is 1.73. The Balaban J connectivity index is 1.83. The molecule has 1 N–H and O–H groups in total. The Morgan fingerprint density at radius 1 is 1.17 bits per heavy atom. The van der Waals surface area contributed by atoms with Gasteiger partial charge in [0.05, 0.1) is 5.69 Å². The maximum Gasteiger partial charge on any atom is 0.405 e. The quantitative estimate of drug-likeness (QED) is 0.823. The van der Waals surface area contributed by atoms with Crippen LogP contribution in [0.1, 0.15) is 11.3 Å². The van der Waals surface area contributed by atoms with Gasteiger partial charge in [-0.25, -0.2) is 0 Å². The standard InChI is InChI=1S/C17H15F3N2O2/c18-17(19,20)12-22-16(23)9-6-13-4-7-15(8-5-13)24-11-14-3-1-2-10-21-14/h1-10H,11-12H2,(H,22,23)/b9-6+. The molecule has 2 rings (SSSR count). The summed E-state index contributed by atoms with van der Waals surface area (Å²) in [5.41, 5.74) is 1.46. The molecule has 1 heterocycles. The minimum Gasteiger partial charge on any atom is -0.487 e. The zero-order valence-electron chi connectivity index (χ0n) is 12.6. The van der Waals surface area contributed by atoms with Crippen LogP contribution in [0.3, 0.4) is 0 Å². The first-order valence-electron chi connectivity index (χ1n) is 7.08. The first-order chi connectivity index (χ1) is 11.4. The molecule has 0 aliphatic heterocycles. The van der Waals surface area contributed by atoms with Crippen LogP contribution < -0.4 is 10.1 Å². The van der Waals surface area contributed by atoms with Gasteiger partial charge in [0.1, 0.15) is 18.9 Å². The second-order valence-electron chi connectivity index (χ2n) is 4.85. The van der Waals surface area contributed by atoms with Crippen molar-refractivity contribution in [2.75, 3.05) is 6.54 Å². The summed E-state index contributed by atoms with van der Waals surface area (Å²) in [6.45, 7) is -1.02. The van der Waals surface area contributed by atoms with E-state index in [2.05, 4.69) is 4.98 Å². The number of alkyl halides is 3. The highest BCUT2D eigenvalue weighted by molar-refractivity contribution is 5.91. The third kappa shape index (κ3) is 6.51. The van der Waals surface area contributed by atoms with Crippen LogP contribution >= 0.6 is 0 Å². The Labute approximate surface area is 137 Å². The minimum absolute atomic E-state index is 0.329. The zero-order valence-corrected chi connectivity index (χ0v) is 12.6. The fraction of sp³-hybridized carbons (Fsp3) is 0.176. The molecule has 2 aromatic rings. The summed E-state index contributed by atoms with van der Waals surface area (Å²) in [5.74, 6) is -0.179. The molecule has 7 heteroatoms. The molecule has 4 nitrogen and oxygen atoms in total. The van der Waals surface area contributed by atoms with Crippen molar-refractivity contribution in [3.63, 3.8) is 0 Å². The number of rotatable bonds is 6. The largest absolute Gasteiger partial charge is 0.487 e. The van der Waals surface area contributed by atoms with E-state index in [-0.39, 0.29) is 0 Å². The Bertz CT molecular complexity index is 683. The molecule has 0 unspecified atom stereocenters. The Kier molecular flexibility index (Phi) is 5.95. The van der Waals surface area contributed by atoms with Crippen molar-refractivity contribution in [1.29, 1.82) is 0 Å². The summed E-state index contributed by atoms with van der Waals surface area (Å²) in [6.07, 6.45) is -0.268. The number of hydrogen-bond acceptors (Lipinski definition) is 3. The van der Waals surface area contributed by atoms with Gasteiger partial charge < -0.3 is 10.1 Å². The highest BCUT2D eigenvalue weighted by Crippen LogP contribution is 2.15. The SMILES string of the molecule is O=C(/C=C/c1ccc(OCc2ccccn2)cc1)NCC(F)(F)F. The van der Waals surface area contributed by atoms with Crippen molar-refractivity contribution >= 4 is 12.0 Å². The first-order valence-corrected chi connectivity index (χ1v) is 7.08. The van der Waals surface area contributed by atoms with Crippen molar-refractivity contribution in [2.24, 2.45) is 0 Å². The summed E-state index contributed by atoms with van der Waals surface area (Å²) < 4.78 is 41.4. The number of amides is 1. The second-order valence-corrected chi connectivity index (χ2v) is 4.85. The average Bonchev–Trinajstić information content (AvgIpc) is 2.57. The number of aromatic nitrogens is 1. The van der Waals surface area contributed by atoms with Gasteiger partial charge in [-0.15, -0.1) is 0 Å². The number of halogens is 3. The molecule has 0 aliphatic rings. The van der Waals surface area contributed by atoms with Gasteiger partial charge in [0, 0.05) is 12.3 Å². The van der Waals surface area contributed by atoms with Crippen molar-refractivity contribution in [3.8, 4) is 5.75 Å². The molecule has 0 atom stereocenters. The van der Waals surface area contributed by atoms with Gasteiger partial charge in [0.25, 0.3) is 0 Å². The highest BCUT2D eigenvalue weighted by Gasteiger charge is 2.27. The van der Waals surface area contributed by atoms with Crippen molar-refractivity contribution < 1.29 is 22.7 Å². The molecule has 1 aromatic heterocycles. The lowest BCUT2D eigenvalue weighted by atomic mass is 10.2. The molecule has 0 aliphatic carbocycles. The van der Waals surface area contributed by atoms with E-state index in [9.17, 15) is 18.0 Å². The maximum absolute atomic E-state index is 12.0. The highest BCUT2D eigenvalue weighted by atomic mass is 19.4. The zero-order chi connectivity index (χ0) is 17.4. The number of nitrogens with one attached hydrogen (secondary N) is 1. The molecule has 0 radical (unpaired) electrons. The van der Waals surface area contributed by atoms with Crippen LogP contribution in [0.15, 0.2) is 54.7 Å². The number of carbonyl (C=O) groups is 1. The van der Waals surface area contributed by atoms with E-state index in [4.69, 9.17) is 4.74 Å². The van der Waals surface area contributed by atoms with Crippen LogP contribution in [0.5, 0.6) is 5.75 Å². The lowest BCUT2D eigenvalue weighted by Gasteiger charge is -2.06. The van der Waals surface area contributed by atoms with E-state index in [1.807, 2.05) is 18.2 Å². The predicted octanol–water partition coefficient (Wildman–Crippen LogP) is 3.35. The molecule has 0 fully saturated rings. The molecule has 0 saturated heterocycles. The maximum atomic E-state index is 12.0. The smallest absolute Gasteiger partial charge is 0.405 e. The lowest BCUT2D eigenvalue weighted by Crippen LogP contribution is -2.32. The van der Waals surface area contributed by atoms with Crippen LogP contribution in [0.25, 0.3) is 6.08 Å². The third-order valence-corrected chi connectivity index (χ3v) is 2.88. The van der Waals surface area contributed by atoms with Gasteiger partial charge in [-0.2, -0.15) is 13.2 Å². The van der Waals surface area contributed by atoms with Gasteiger partial charge in [-0.3, -0.25) is 9.78 Å². The summed E-state index contributed by atoms with van der Waals surface area (Å²) in [6, 6.07) is 12.3. The minimum atomic E-state index is -4.42. The summed E-state index contributed by atoms with van der Waals surface area (Å²) in [7, 11) is 0. The van der Waals surface area contributed by atoms with Gasteiger partial charge >= 0.3 is 6.18 Å². The van der Waals surface area contributed by atoms with Gasteiger partial charge in [-0.1, -0.05) is 18.2 Å². The van der Waals surface area contributed by atoms with E-state index in [0.717, 1.165) is 11.8 Å². The van der Waals surface area contributed by atoms with Gasteiger partial charge in [0.15, 0.2) is 0 Å². The van der Waals surface area contributed by atoms with Crippen LogP contribution in [0, 0.1) is 0 Å². The second kappa shape index (κ2) is 8.14. The number of carbonyl (C=O) groups excluding carboxylic acids is 1. The van der Waals surface area contributed by atoms with E-state index < -0.39 is 18.6 Å². The van der Waals surface area contributed by atoms with Crippen LogP contribution in [-0.2, 0) is 11.4 Å². The molecule has 1 aromatic carbocycles. The summed E-state index contributed by atoms with van der Waals surface area (Å²) in [5, 5.41) is 1.76. The fourth-order valence-electron chi connectivity index (χ4n) is 1.73. The Morgan fingerprint density at radius 3 is 2.54 bits per heavy atom. The van der Waals surface area contributed by atoms with Crippen LogP contribution in [-0.4, -0.2) is 23.6 Å². The normalized spacial score (nSPS) is 11.5. The van der Waals surface area contributed by atoms with E-state index >= 15 is 0 Å². The van der Waals surface area contributed by atoms with E-state index in [0.29, 0.717) is 17.9 Å². The summed E-state index contributed by atoms with van der Waals surface area (Å²) in [4.78, 5) is 15.4.